The topological polar surface area (TPSA) is 54.4 Å². The van der Waals surface area contributed by atoms with Crippen LogP contribution in [0.15, 0.2) is 53.5 Å². The molecular formula is C19H18N2O2. The van der Waals surface area contributed by atoms with Crippen LogP contribution in [0.25, 0.3) is 10.9 Å². The van der Waals surface area contributed by atoms with Gasteiger partial charge in [-0.25, -0.2) is 4.79 Å². The fourth-order valence-corrected chi connectivity index (χ4v) is 2.50. The number of carbonyl (C=O) groups excluding carboxylic acids is 1. The Kier molecular flexibility index (Phi) is 4.24. The second-order valence-corrected chi connectivity index (χ2v) is 5.23. The Morgan fingerprint density at radius 3 is 2.65 bits per heavy atom. The summed E-state index contributed by atoms with van der Waals surface area (Å²) < 4.78 is 4.97. The quantitative estimate of drug-likeness (QED) is 0.573. The molecule has 1 aromatic heterocycles. The fourth-order valence-electron chi connectivity index (χ4n) is 2.50. The molecule has 0 amide bonds. The first-order valence-corrected chi connectivity index (χ1v) is 7.57. The van der Waals surface area contributed by atoms with Gasteiger partial charge in [0.2, 0.25) is 0 Å². The number of carbonyl (C=O) groups is 1. The zero-order chi connectivity index (χ0) is 16.2. The molecule has 3 aromatic rings. The second-order valence-electron chi connectivity index (χ2n) is 5.23. The lowest BCUT2D eigenvalue weighted by atomic mass is 10.1. The lowest BCUT2D eigenvalue weighted by Gasteiger charge is -2.01. The molecule has 0 saturated carbocycles. The highest BCUT2D eigenvalue weighted by Gasteiger charge is 2.06. The van der Waals surface area contributed by atoms with E-state index < -0.39 is 0 Å². The molecular weight excluding hydrogens is 288 g/mol. The molecule has 4 nitrogen and oxygen atoms in total. The van der Waals surface area contributed by atoms with Crippen LogP contribution in [0.4, 0.5) is 5.69 Å². The number of fused-ring (bicyclic) bond motifs is 1. The summed E-state index contributed by atoms with van der Waals surface area (Å²) in [6, 6.07) is 15.2. The summed E-state index contributed by atoms with van der Waals surface area (Å²) in [6.07, 6.45) is 1.85. The van der Waals surface area contributed by atoms with Crippen LogP contribution >= 0.6 is 0 Å². The second kappa shape index (κ2) is 6.48. The summed E-state index contributed by atoms with van der Waals surface area (Å²) in [5.41, 5.74) is 4.59. The molecule has 23 heavy (non-hydrogen) atoms. The molecule has 0 atom stereocenters. The average molecular weight is 306 g/mol. The number of ether oxygens (including phenoxy) is 1. The highest BCUT2D eigenvalue weighted by atomic mass is 16.5. The van der Waals surface area contributed by atoms with E-state index in [4.69, 9.17) is 4.74 Å². The van der Waals surface area contributed by atoms with E-state index in [0.29, 0.717) is 12.2 Å². The van der Waals surface area contributed by atoms with Crippen molar-refractivity contribution >= 4 is 28.8 Å². The molecule has 1 N–H and O–H groups in total. The molecule has 0 aliphatic carbocycles. The number of esters is 1. The van der Waals surface area contributed by atoms with Crippen molar-refractivity contribution in [2.24, 2.45) is 4.99 Å². The minimum atomic E-state index is -0.310. The Hall–Kier alpha value is -2.88. The summed E-state index contributed by atoms with van der Waals surface area (Å²) in [5, 5.41) is 1.15. The highest BCUT2D eigenvalue weighted by Crippen LogP contribution is 2.21. The molecule has 0 unspecified atom stereocenters. The zero-order valence-electron chi connectivity index (χ0n) is 13.2. The molecule has 3 rings (SSSR count). The third kappa shape index (κ3) is 3.16. The normalized spacial score (nSPS) is 11.2. The number of H-pyrrole nitrogens is 1. The van der Waals surface area contributed by atoms with E-state index in [1.165, 1.54) is 0 Å². The molecule has 0 aliphatic rings. The van der Waals surface area contributed by atoms with Crippen LogP contribution in [0.5, 0.6) is 0 Å². The van der Waals surface area contributed by atoms with E-state index in [1.807, 2.05) is 43.5 Å². The molecule has 116 valence electrons. The SMILES string of the molecule is CCOC(=O)c1ccc(N=Cc2c(C)[nH]c3ccccc23)cc1. The Morgan fingerprint density at radius 1 is 1.17 bits per heavy atom. The van der Waals surface area contributed by atoms with Crippen LogP contribution < -0.4 is 0 Å². The number of nitrogens with one attached hydrogen (secondary N) is 1. The number of hydrogen-bond acceptors (Lipinski definition) is 3. The Morgan fingerprint density at radius 2 is 1.91 bits per heavy atom. The predicted molar refractivity (Wildman–Crippen MR) is 92.7 cm³/mol. The van der Waals surface area contributed by atoms with E-state index in [1.54, 1.807) is 19.1 Å². The zero-order valence-corrected chi connectivity index (χ0v) is 13.2. The average Bonchev–Trinajstić information content (AvgIpc) is 2.89. The van der Waals surface area contributed by atoms with Gasteiger partial charge in [0, 0.05) is 28.4 Å². The first-order valence-electron chi connectivity index (χ1n) is 7.57. The fraction of sp³-hybridized carbons (Fsp3) is 0.158. The van der Waals surface area contributed by atoms with Crippen LogP contribution in [0, 0.1) is 6.92 Å². The summed E-state index contributed by atoms with van der Waals surface area (Å²) in [4.78, 5) is 19.5. The molecule has 2 aromatic carbocycles. The van der Waals surface area contributed by atoms with Crippen LogP contribution in [0.2, 0.25) is 0 Å². The summed E-state index contributed by atoms with van der Waals surface area (Å²) in [7, 11) is 0. The van der Waals surface area contributed by atoms with Crippen molar-refractivity contribution in [3.05, 3.63) is 65.4 Å². The third-order valence-corrected chi connectivity index (χ3v) is 3.66. The lowest BCUT2D eigenvalue weighted by molar-refractivity contribution is 0.0526. The predicted octanol–water partition coefficient (Wildman–Crippen LogP) is 4.40. The van der Waals surface area contributed by atoms with Crippen molar-refractivity contribution in [2.75, 3.05) is 6.61 Å². The van der Waals surface area contributed by atoms with Crippen LogP contribution in [-0.2, 0) is 4.74 Å². The van der Waals surface area contributed by atoms with Gasteiger partial charge in [0.15, 0.2) is 0 Å². The van der Waals surface area contributed by atoms with Crippen molar-refractivity contribution in [1.29, 1.82) is 0 Å². The maximum absolute atomic E-state index is 11.6. The largest absolute Gasteiger partial charge is 0.462 e. The molecule has 1 heterocycles. The standard InChI is InChI=1S/C19H18N2O2/c1-3-23-19(22)14-8-10-15(11-9-14)20-12-17-13(2)21-18-7-5-4-6-16(17)18/h4-12,21H,3H2,1-2H3. The lowest BCUT2D eigenvalue weighted by Crippen LogP contribution is -2.03. The number of aromatic nitrogens is 1. The maximum Gasteiger partial charge on any atom is 0.338 e. The number of hydrogen-bond donors (Lipinski definition) is 1. The van der Waals surface area contributed by atoms with E-state index in [0.717, 1.165) is 27.8 Å². The summed E-state index contributed by atoms with van der Waals surface area (Å²) in [5.74, 6) is -0.310. The van der Waals surface area contributed by atoms with Gasteiger partial charge < -0.3 is 9.72 Å². The number of aromatic amines is 1. The van der Waals surface area contributed by atoms with Crippen molar-refractivity contribution in [3.63, 3.8) is 0 Å². The molecule has 0 spiro atoms. The Labute approximate surface area is 134 Å². The first-order chi connectivity index (χ1) is 11.2. The van der Waals surface area contributed by atoms with Gasteiger partial charge in [-0.3, -0.25) is 4.99 Å². The molecule has 0 saturated heterocycles. The van der Waals surface area contributed by atoms with Crippen molar-refractivity contribution < 1.29 is 9.53 Å². The minimum Gasteiger partial charge on any atom is -0.462 e. The van der Waals surface area contributed by atoms with Gasteiger partial charge in [-0.15, -0.1) is 0 Å². The van der Waals surface area contributed by atoms with Crippen molar-refractivity contribution in [1.82, 2.24) is 4.98 Å². The minimum absolute atomic E-state index is 0.310. The van der Waals surface area contributed by atoms with Crippen LogP contribution in [-0.4, -0.2) is 23.8 Å². The maximum atomic E-state index is 11.6. The van der Waals surface area contributed by atoms with Gasteiger partial charge in [-0.05, 0) is 44.2 Å². The van der Waals surface area contributed by atoms with E-state index in [2.05, 4.69) is 16.0 Å². The number of benzene rings is 2. The van der Waals surface area contributed by atoms with Crippen molar-refractivity contribution in [3.8, 4) is 0 Å². The van der Waals surface area contributed by atoms with Gasteiger partial charge in [0.1, 0.15) is 0 Å². The monoisotopic (exact) mass is 306 g/mol. The van der Waals surface area contributed by atoms with E-state index in [-0.39, 0.29) is 5.97 Å². The third-order valence-electron chi connectivity index (χ3n) is 3.66. The molecule has 0 fully saturated rings. The summed E-state index contributed by atoms with van der Waals surface area (Å²) >= 11 is 0. The molecule has 0 radical (unpaired) electrons. The number of nitrogens with zero attached hydrogens (tertiary/aromatic N) is 1. The Bertz CT molecular complexity index is 861. The number of aliphatic imine (C=N–C) groups is 1. The van der Waals surface area contributed by atoms with Gasteiger partial charge in [0.05, 0.1) is 17.9 Å². The highest BCUT2D eigenvalue weighted by molar-refractivity contribution is 6.01. The summed E-state index contributed by atoms with van der Waals surface area (Å²) in [6.45, 7) is 4.20. The van der Waals surface area contributed by atoms with Gasteiger partial charge in [0.25, 0.3) is 0 Å². The van der Waals surface area contributed by atoms with Gasteiger partial charge in [-0.2, -0.15) is 0 Å². The van der Waals surface area contributed by atoms with Crippen molar-refractivity contribution in [2.45, 2.75) is 13.8 Å². The first kappa shape index (κ1) is 15.0. The molecule has 0 aliphatic heterocycles. The van der Waals surface area contributed by atoms with E-state index in [9.17, 15) is 4.79 Å². The van der Waals surface area contributed by atoms with Gasteiger partial charge >= 0.3 is 5.97 Å². The molecule has 4 heteroatoms. The van der Waals surface area contributed by atoms with Gasteiger partial charge in [-0.1, -0.05) is 18.2 Å². The number of rotatable bonds is 4. The number of aryl methyl sites for hydroxylation is 1. The number of para-hydroxylation sites is 1. The van der Waals surface area contributed by atoms with Crippen LogP contribution in [0.1, 0.15) is 28.5 Å². The van der Waals surface area contributed by atoms with E-state index >= 15 is 0 Å². The van der Waals surface area contributed by atoms with Crippen LogP contribution in [0.3, 0.4) is 0 Å². The smallest absolute Gasteiger partial charge is 0.338 e. The Balaban J connectivity index is 1.84. The molecule has 0 bridgehead atoms.